The quantitative estimate of drug-likeness (QED) is 0.780. The minimum atomic E-state index is -0.958. The first-order valence-corrected chi connectivity index (χ1v) is 6.07. The van der Waals surface area contributed by atoms with E-state index in [1.54, 1.807) is 0 Å². The van der Waals surface area contributed by atoms with Gasteiger partial charge in [0.1, 0.15) is 0 Å². The zero-order valence-electron chi connectivity index (χ0n) is 8.91. The molecule has 2 nitrogen and oxygen atoms in total. The van der Waals surface area contributed by atoms with Gasteiger partial charge < -0.3 is 5.73 Å². The Hall–Kier alpha value is -0.830. The maximum atomic E-state index is 11.8. The number of benzene rings is 1. The van der Waals surface area contributed by atoms with E-state index in [-0.39, 0.29) is 0 Å². The van der Waals surface area contributed by atoms with Crippen LogP contribution < -0.4 is 5.73 Å². The van der Waals surface area contributed by atoms with Gasteiger partial charge >= 0.3 is 0 Å². The molecular formula is C11H17NOS. The lowest BCUT2D eigenvalue weighted by Gasteiger charge is -2.08. The molecule has 2 N–H and O–H groups in total. The van der Waals surface area contributed by atoms with Crippen molar-refractivity contribution in [2.24, 2.45) is 5.92 Å². The first-order chi connectivity index (χ1) is 6.50. The van der Waals surface area contributed by atoms with Crippen LogP contribution in [-0.4, -0.2) is 9.96 Å². The largest absolute Gasteiger partial charge is 0.398 e. The van der Waals surface area contributed by atoms with Gasteiger partial charge in [-0.3, -0.25) is 4.21 Å². The van der Waals surface area contributed by atoms with Gasteiger partial charge in [0.05, 0.1) is 15.7 Å². The predicted octanol–water partition coefficient (Wildman–Crippen LogP) is 2.34. The summed E-state index contributed by atoms with van der Waals surface area (Å²) in [4.78, 5) is 0.768. The van der Waals surface area contributed by atoms with Crippen LogP contribution in [0.4, 0.5) is 5.69 Å². The highest BCUT2D eigenvalue weighted by atomic mass is 32.2. The molecule has 0 aliphatic heterocycles. The Kier molecular flexibility index (Phi) is 3.69. The monoisotopic (exact) mass is 211 g/mol. The van der Waals surface area contributed by atoms with Gasteiger partial charge in [-0.05, 0) is 30.5 Å². The normalized spacial score (nSPS) is 13.1. The zero-order chi connectivity index (χ0) is 10.7. The average molecular weight is 211 g/mol. The second-order valence-corrected chi connectivity index (χ2v) is 5.41. The summed E-state index contributed by atoms with van der Waals surface area (Å²) in [5.41, 5.74) is 7.55. The lowest BCUT2D eigenvalue weighted by Crippen LogP contribution is -2.07. The van der Waals surface area contributed by atoms with E-state index in [1.165, 1.54) is 0 Å². The minimum Gasteiger partial charge on any atom is -0.398 e. The summed E-state index contributed by atoms with van der Waals surface area (Å²) in [6.45, 7) is 6.09. The zero-order valence-corrected chi connectivity index (χ0v) is 9.73. The van der Waals surface area contributed by atoms with E-state index in [1.807, 2.05) is 25.1 Å². The molecule has 1 aromatic rings. The molecule has 78 valence electrons. The number of hydrogen-bond acceptors (Lipinski definition) is 2. The van der Waals surface area contributed by atoms with Crippen molar-refractivity contribution in [2.45, 2.75) is 25.7 Å². The van der Waals surface area contributed by atoms with E-state index in [9.17, 15) is 4.21 Å². The van der Waals surface area contributed by atoms with Gasteiger partial charge in [-0.25, -0.2) is 0 Å². The van der Waals surface area contributed by atoms with E-state index in [0.717, 1.165) is 10.5 Å². The Bertz CT molecular complexity index is 347. The Morgan fingerprint density at radius 1 is 1.43 bits per heavy atom. The van der Waals surface area contributed by atoms with Crippen molar-refractivity contribution in [3.05, 3.63) is 23.8 Å². The lowest BCUT2D eigenvalue weighted by molar-refractivity contribution is 0.665. The molecule has 0 saturated carbocycles. The molecule has 0 fully saturated rings. The number of nitrogens with two attached hydrogens (primary N) is 1. The van der Waals surface area contributed by atoms with E-state index in [2.05, 4.69) is 13.8 Å². The molecule has 1 rings (SSSR count). The first-order valence-electron chi connectivity index (χ1n) is 4.75. The summed E-state index contributed by atoms with van der Waals surface area (Å²) in [7, 11) is -0.958. The van der Waals surface area contributed by atoms with Crippen LogP contribution >= 0.6 is 0 Å². The molecule has 3 heteroatoms. The van der Waals surface area contributed by atoms with E-state index >= 15 is 0 Å². The van der Waals surface area contributed by atoms with Crippen LogP contribution in [0.2, 0.25) is 0 Å². The molecule has 0 aromatic heterocycles. The van der Waals surface area contributed by atoms with Gasteiger partial charge in [0.25, 0.3) is 0 Å². The molecule has 0 saturated heterocycles. The molecule has 0 aliphatic rings. The standard InChI is InChI=1S/C11H17NOS/c1-8(2)7-14(13)11-5-4-9(3)6-10(11)12/h4-6,8H,7,12H2,1-3H3. The summed E-state index contributed by atoms with van der Waals surface area (Å²) >= 11 is 0. The van der Waals surface area contributed by atoms with Gasteiger partial charge in [-0.15, -0.1) is 0 Å². The number of nitrogen functional groups attached to an aromatic ring is 1. The highest BCUT2D eigenvalue weighted by molar-refractivity contribution is 7.85. The van der Waals surface area contributed by atoms with Crippen LogP contribution in [0.25, 0.3) is 0 Å². The second-order valence-electron chi connectivity index (χ2n) is 3.95. The lowest BCUT2D eigenvalue weighted by atomic mass is 10.2. The Labute approximate surface area is 88.0 Å². The molecule has 1 atom stereocenters. The molecule has 0 amide bonds. The molecule has 0 spiro atoms. The van der Waals surface area contributed by atoms with Gasteiger partial charge in [0, 0.05) is 11.4 Å². The molecule has 1 unspecified atom stereocenters. The summed E-state index contributed by atoms with van der Waals surface area (Å²) in [5, 5.41) is 0. The van der Waals surface area contributed by atoms with Crippen LogP contribution in [0.3, 0.4) is 0 Å². The van der Waals surface area contributed by atoms with Gasteiger partial charge in [-0.2, -0.15) is 0 Å². The molecule has 0 heterocycles. The van der Waals surface area contributed by atoms with Crippen LogP contribution in [-0.2, 0) is 10.8 Å². The van der Waals surface area contributed by atoms with Crippen molar-refractivity contribution in [2.75, 3.05) is 11.5 Å². The molecule has 0 aliphatic carbocycles. The average Bonchev–Trinajstić information content (AvgIpc) is 2.01. The second kappa shape index (κ2) is 4.60. The summed E-state index contributed by atoms with van der Waals surface area (Å²) in [5.74, 6) is 1.10. The van der Waals surface area contributed by atoms with Gasteiger partial charge in [-0.1, -0.05) is 19.9 Å². The maximum Gasteiger partial charge on any atom is 0.0617 e. The van der Waals surface area contributed by atoms with Crippen molar-refractivity contribution in [3.8, 4) is 0 Å². The predicted molar refractivity (Wildman–Crippen MR) is 61.7 cm³/mol. The van der Waals surface area contributed by atoms with Crippen LogP contribution in [0.5, 0.6) is 0 Å². The third-order valence-corrected chi connectivity index (χ3v) is 3.73. The SMILES string of the molecule is Cc1ccc(S(=O)CC(C)C)c(N)c1. The molecular weight excluding hydrogens is 194 g/mol. The first kappa shape index (κ1) is 11.2. The number of hydrogen-bond donors (Lipinski definition) is 1. The molecule has 1 aromatic carbocycles. The van der Waals surface area contributed by atoms with E-state index < -0.39 is 10.8 Å². The van der Waals surface area contributed by atoms with Crippen LogP contribution in [0, 0.1) is 12.8 Å². The van der Waals surface area contributed by atoms with E-state index in [4.69, 9.17) is 5.73 Å². The van der Waals surface area contributed by atoms with Crippen molar-refractivity contribution in [1.29, 1.82) is 0 Å². The highest BCUT2D eigenvalue weighted by Crippen LogP contribution is 2.19. The summed E-state index contributed by atoms with van der Waals surface area (Å²) in [6.07, 6.45) is 0. The molecule has 14 heavy (non-hydrogen) atoms. The Morgan fingerprint density at radius 2 is 2.07 bits per heavy atom. The smallest absolute Gasteiger partial charge is 0.0617 e. The maximum absolute atomic E-state index is 11.8. The molecule has 0 radical (unpaired) electrons. The topological polar surface area (TPSA) is 43.1 Å². The third kappa shape index (κ3) is 2.84. The Balaban J connectivity index is 2.90. The fourth-order valence-electron chi connectivity index (χ4n) is 1.27. The van der Waals surface area contributed by atoms with Gasteiger partial charge in [0.15, 0.2) is 0 Å². The fraction of sp³-hybridized carbons (Fsp3) is 0.455. The fourth-order valence-corrected chi connectivity index (χ4v) is 2.59. The number of rotatable bonds is 3. The van der Waals surface area contributed by atoms with Crippen LogP contribution in [0.15, 0.2) is 23.1 Å². The van der Waals surface area contributed by atoms with Crippen LogP contribution in [0.1, 0.15) is 19.4 Å². The summed E-state index contributed by atoms with van der Waals surface area (Å²) in [6, 6.07) is 5.68. The number of anilines is 1. The third-order valence-electron chi connectivity index (χ3n) is 1.90. The van der Waals surface area contributed by atoms with Crippen molar-refractivity contribution in [1.82, 2.24) is 0 Å². The van der Waals surface area contributed by atoms with Gasteiger partial charge in [0.2, 0.25) is 0 Å². The minimum absolute atomic E-state index is 0.427. The Morgan fingerprint density at radius 3 is 2.57 bits per heavy atom. The number of aryl methyl sites for hydroxylation is 1. The van der Waals surface area contributed by atoms with E-state index in [0.29, 0.717) is 17.4 Å². The van der Waals surface area contributed by atoms with Crippen molar-refractivity contribution >= 4 is 16.5 Å². The van der Waals surface area contributed by atoms with Crippen molar-refractivity contribution < 1.29 is 4.21 Å². The van der Waals surface area contributed by atoms with Crippen molar-refractivity contribution in [3.63, 3.8) is 0 Å². The molecule has 0 bridgehead atoms. The summed E-state index contributed by atoms with van der Waals surface area (Å²) < 4.78 is 11.8. The highest BCUT2D eigenvalue weighted by Gasteiger charge is 2.09.